The van der Waals surface area contributed by atoms with Gasteiger partial charge in [0.25, 0.3) is 0 Å². The number of anilines is 1. The molecule has 0 saturated carbocycles. The number of hydrogen-bond acceptors (Lipinski definition) is 5. The van der Waals surface area contributed by atoms with Gasteiger partial charge in [-0.15, -0.1) is 0 Å². The molecule has 0 aliphatic heterocycles. The van der Waals surface area contributed by atoms with Crippen molar-refractivity contribution >= 4 is 11.6 Å². The lowest BCUT2D eigenvalue weighted by molar-refractivity contribution is -0.115. The Kier molecular flexibility index (Phi) is 4.78. The molecule has 1 unspecified atom stereocenters. The number of rotatable bonds is 6. The highest BCUT2D eigenvalue weighted by Crippen LogP contribution is 2.15. The highest BCUT2D eigenvalue weighted by Gasteiger charge is 2.10. The monoisotopic (exact) mass is 274 g/mol. The molecule has 2 aromatic rings. The van der Waals surface area contributed by atoms with E-state index in [-0.39, 0.29) is 12.5 Å². The SMILES string of the molecule is CCC(C)NCC(=O)Nc1cccnc1-n1cncn1. The van der Waals surface area contributed by atoms with Crippen LogP contribution >= 0.6 is 0 Å². The van der Waals surface area contributed by atoms with Crippen LogP contribution in [0.15, 0.2) is 31.0 Å². The van der Waals surface area contributed by atoms with Crippen LogP contribution in [-0.4, -0.2) is 38.2 Å². The third kappa shape index (κ3) is 3.61. The molecule has 0 bridgehead atoms. The van der Waals surface area contributed by atoms with Gasteiger partial charge in [0.1, 0.15) is 12.7 Å². The van der Waals surface area contributed by atoms with E-state index in [9.17, 15) is 4.79 Å². The molecule has 0 spiro atoms. The summed E-state index contributed by atoms with van der Waals surface area (Å²) in [7, 11) is 0. The standard InChI is InChI=1S/C13H18N6O/c1-3-10(2)16-7-12(20)18-11-5-4-6-15-13(11)19-9-14-8-17-19/h4-6,8-10,16H,3,7H2,1-2H3,(H,18,20). The van der Waals surface area contributed by atoms with Gasteiger partial charge in [0.2, 0.25) is 5.91 Å². The molecule has 2 rings (SSSR count). The number of carbonyl (C=O) groups excluding carboxylic acids is 1. The van der Waals surface area contributed by atoms with Gasteiger partial charge in [0, 0.05) is 12.2 Å². The van der Waals surface area contributed by atoms with Crippen LogP contribution in [0.3, 0.4) is 0 Å². The van der Waals surface area contributed by atoms with Crippen molar-refractivity contribution in [2.45, 2.75) is 26.3 Å². The van der Waals surface area contributed by atoms with Gasteiger partial charge in [-0.2, -0.15) is 5.10 Å². The summed E-state index contributed by atoms with van der Waals surface area (Å²) in [6.45, 7) is 4.37. The summed E-state index contributed by atoms with van der Waals surface area (Å²) in [6, 6.07) is 3.85. The Morgan fingerprint density at radius 3 is 3.05 bits per heavy atom. The maximum absolute atomic E-state index is 11.9. The lowest BCUT2D eigenvalue weighted by atomic mass is 10.2. The first-order valence-electron chi connectivity index (χ1n) is 6.54. The van der Waals surface area contributed by atoms with Gasteiger partial charge in [-0.25, -0.2) is 14.6 Å². The molecule has 0 fully saturated rings. The highest BCUT2D eigenvalue weighted by molar-refractivity contribution is 5.93. The van der Waals surface area contributed by atoms with E-state index in [1.807, 2.05) is 6.92 Å². The molecule has 1 atom stereocenters. The second-order valence-corrected chi connectivity index (χ2v) is 4.45. The first-order valence-corrected chi connectivity index (χ1v) is 6.54. The zero-order chi connectivity index (χ0) is 14.4. The second-order valence-electron chi connectivity index (χ2n) is 4.45. The van der Waals surface area contributed by atoms with Crippen LogP contribution in [0.1, 0.15) is 20.3 Å². The lowest BCUT2D eigenvalue weighted by Gasteiger charge is -2.12. The van der Waals surface area contributed by atoms with E-state index in [1.54, 1.807) is 18.3 Å². The molecular weight excluding hydrogens is 256 g/mol. The minimum atomic E-state index is -0.111. The average molecular weight is 274 g/mol. The summed E-state index contributed by atoms with van der Waals surface area (Å²) in [5.74, 6) is 0.432. The molecular formula is C13H18N6O. The van der Waals surface area contributed by atoms with Crippen LogP contribution < -0.4 is 10.6 Å². The number of nitrogens with zero attached hydrogens (tertiary/aromatic N) is 4. The zero-order valence-electron chi connectivity index (χ0n) is 11.6. The molecule has 0 aliphatic rings. The second kappa shape index (κ2) is 6.76. The van der Waals surface area contributed by atoms with E-state index in [2.05, 4.69) is 32.6 Å². The van der Waals surface area contributed by atoms with Crippen molar-refractivity contribution in [3.63, 3.8) is 0 Å². The Balaban J connectivity index is 2.04. The molecule has 0 aliphatic carbocycles. The van der Waals surface area contributed by atoms with Crippen LogP contribution in [0.25, 0.3) is 5.82 Å². The summed E-state index contributed by atoms with van der Waals surface area (Å²) >= 11 is 0. The molecule has 2 N–H and O–H groups in total. The van der Waals surface area contributed by atoms with Crippen molar-refractivity contribution in [2.24, 2.45) is 0 Å². The minimum absolute atomic E-state index is 0.111. The van der Waals surface area contributed by atoms with Crippen molar-refractivity contribution in [3.05, 3.63) is 31.0 Å². The van der Waals surface area contributed by atoms with E-state index in [1.165, 1.54) is 17.3 Å². The van der Waals surface area contributed by atoms with Crippen LogP contribution in [0.4, 0.5) is 5.69 Å². The maximum atomic E-state index is 11.9. The van der Waals surface area contributed by atoms with Gasteiger partial charge in [0.15, 0.2) is 5.82 Å². The normalized spacial score (nSPS) is 12.1. The molecule has 1 amide bonds. The van der Waals surface area contributed by atoms with E-state index < -0.39 is 0 Å². The Morgan fingerprint density at radius 1 is 1.50 bits per heavy atom. The molecule has 0 radical (unpaired) electrons. The van der Waals surface area contributed by atoms with Gasteiger partial charge in [0.05, 0.1) is 12.2 Å². The summed E-state index contributed by atoms with van der Waals surface area (Å²) in [6.07, 6.45) is 5.58. The topological polar surface area (TPSA) is 84.7 Å². The third-order valence-corrected chi connectivity index (χ3v) is 2.92. The summed E-state index contributed by atoms with van der Waals surface area (Å²) < 4.78 is 1.51. The van der Waals surface area contributed by atoms with Gasteiger partial charge >= 0.3 is 0 Å². The fraction of sp³-hybridized carbons (Fsp3) is 0.385. The quantitative estimate of drug-likeness (QED) is 0.820. The summed E-state index contributed by atoms with van der Waals surface area (Å²) in [5, 5.41) is 9.98. The lowest BCUT2D eigenvalue weighted by Crippen LogP contribution is -2.34. The van der Waals surface area contributed by atoms with Gasteiger partial charge < -0.3 is 10.6 Å². The molecule has 2 heterocycles. The van der Waals surface area contributed by atoms with E-state index in [0.29, 0.717) is 17.5 Å². The number of aromatic nitrogens is 4. The zero-order valence-corrected chi connectivity index (χ0v) is 11.6. The van der Waals surface area contributed by atoms with Gasteiger partial charge in [-0.05, 0) is 25.5 Å². The molecule has 2 aromatic heterocycles. The molecule has 106 valence electrons. The van der Waals surface area contributed by atoms with Crippen molar-refractivity contribution < 1.29 is 4.79 Å². The van der Waals surface area contributed by atoms with Crippen molar-refractivity contribution in [1.29, 1.82) is 0 Å². The van der Waals surface area contributed by atoms with Crippen LogP contribution in [-0.2, 0) is 4.79 Å². The predicted octanol–water partition coefficient (Wildman–Crippen LogP) is 0.989. The fourth-order valence-corrected chi connectivity index (χ4v) is 1.60. The smallest absolute Gasteiger partial charge is 0.238 e. The Bertz CT molecular complexity index is 554. The van der Waals surface area contributed by atoms with E-state index >= 15 is 0 Å². The van der Waals surface area contributed by atoms with Gasteiger partial charge in [-0.3, -0.25) is 4.79 Å². The highest BCUT2D eigenvalue weighted by atomic mass is 16.1. The predicted molar refractivity (Wildman–Crippen MR) is 75.5 cm³/mol. The first-order chi connectivity index (χ1) is 9.70. The first kappa shape index (κ1) is 14.1. The van der Waals surface area contributed by atoms with Crippen molar-refractivity contribution in [3.8, 4) is 5.82 Å². The Labute approximate surface area is 117 Å². The maximum Gasteiger partial charge on any atom is 0.238 e. The largest absolute Gasteiger partial charge is 0.322 e. The Hall–Kier alpha value is -2.28. The minimum Gasteiger partial charge on any atom is -0.322 e. The fourth-order valence-electron chi connectivity index (χ4n) is 1.60. The number of hydrogen-bond donors (Lipinski definition) is 2. The molecule has 20 heavy (non-hydrogen) atoms. The van der Waals surface area contributed by atoms with Gasteiger partial charge in [-0.1, -0.05) is 6.92 Å². The van der Waals surface area contributed by atoms with Crippen LogP contribution in [0.5, 0.6) is 0 Å². The summed E-state index contributed by atoms with van der Waals surface area (Å²) in [4.78, 5) is 20.0. The number of carbonyl (C=O) groups is 1. The third-order valence-electron chi connectivity index (χ3n) is 2.92. The average Bonchev–Trinajstić information content (AvgIpc) is 2.99. The van der Waals surface area contributed by atoms with Crippen LogP contribution in [0.2, 0.25) is 0 Å². The van der Waals surface area contributed by atoms with Crippen molar-refractivity contribution in [1.82, 2.24) is 25.1 Å². The van der Waals surface area contributed by atoms with E-state index in [0.717, 1.165) is 6.42 Å². The number of amides is 1. The number of nitrogens with one attached hydrogen (secondary N) is 2. The molecule has 7 nitrogen and oxygen atoms in total. The molecule has 0 aromatic carbocycles. The Morgan fingerprint density at radius 2 is 2.35 bits per heavy atom. The molecule has 7 heteroatoms. The molecule has 0 saturated heterocycles. The van der Waals surface area contributed by atoms with E-state index in [4.69, 9.17) is 0 Å². The van der Waals surface area contributed by atoms with Crippen molar-refractivity contribution in [2.75, 3.05) is 11.9 Å². The van der Waals surface area contributed by atoms with Crippen LogP contribution in [0, 0.1) is 0 Å². The number of pyridine rings is 1. The summed E-state index contributed by atoms with van der Waals surface area (Å²) in [5.41, 5.74) is 0.606.